The van der Waals surface area contributed by atoms with E-state index in [1.807, 2.05) is 23.6 Å². The molecule has 6 heteroatoms. The molecular formula is C13H16N4S2. The Balaban J connectivity index is 2.05. The molecule has 0 aliphatic rings. The molecule has 0 amide bonds. The lowest BCUT2D eigenvalue weighted by atomic mass is 10.3. The lowest BCUT2D eigenvalue weighted by Gasteiger charge is -2.14. The van der Waals surface area contributed by atoms with Gasteiger partial charge in [0.15, 0.2) is 5.11 Å². The maximum absolute atomic E-state index is 5.22. The number of thiophene rings is 1. The van der Waals surface area contributed by atoms with Gasteiger partial charge in [0.25, 0.3) is 0 Å². The van der Waals surface area contributed by atoms with Crippen LogP contribution in [0.5, 0.6) is 0 Å². The smallest absolute Gasteiger partial charge is 0.229 e. The summed E-state index contributed by atoms with van der Waals surface area (Å²) in [6.45, 7) is 4.19. The summed E-state index contributed by atoms with van der Waals surface area (Å²) in [7, 11) is 0. The second-order valence-electron chi connectivity index (χ2n) is 4.15. The highest BCUT2D eigenvalue weighted by atomic mass is 32.1. The Morgan fingerprint density at radius 3 is 3.00 bits per heavy atom. The minimum absolute atomic E-state index is 0.334. The third-order valence-corrected chi connectivity index (χ3v) is 3.76. The van der Waals surface area contributed by atoms with Crippen molar-refractivity contribution in [2.45, 2.75) is 26.3 Å². The van der Waals surface area contributed by atoms with Gasteiger partial charge in [0.05, 0.1) is 10.6 Å². The third-order valence-electron chi connectivity index (χ3n) is 2.64. The molecule has 0 saturated carbocycles. The molecule has 1 atom stereocenters. The Bertz CT molecular complexity index is 539. The van der Waals surface area contributed by atoms with Crippen molar-refractivity contribution in [2.75, 3.05) is 5.32 Å². The maximum atomic E-state index is 5.22. The predicted octanol–water partition coefficient (Wildman–Crippen LogP) is 3.29. The van der Waals surface area contributed by atoms with Gasteiger partial charge in [-0.25, -0.2) is 9.97 Å². The largest absolute Gasteiger partial charge is 0.360 e. The molecule has 2 aromatic rings. The second-order valence-corrected chi connectivity index (χ2v) is 5.51. The van der Waals surface area contributed by atoms with Crippen molar-refractivity contribution in [3.63, 3.8) is 0 Å². The molecule has 2 rings (SSSR count). The Labute approximate surface area is 122 Å². The summed E-state index contributed by atoms with van der Waals surface area (Å²) in [6.07, 6.45) is 2.74. The summed E-state index contributed by atoms with van der Waals surface area (Å²) >= 11 is 6.87. The van der Waals surface area contributed by atoms with Crippen LogP contribution >= 0.6 is 23.6 Å². The van der Waals surface area contributed by atoms with Gasteiger partial charge in [-0.2, -0.15) is 0 Å². The number of rotatable bonds is 4. The van der Waals surface area contributed by atoms with Gasteiger partial charge >= 0.3 is 0 Å². The van der Waals surface area contributed by atoms with Gasteiger partial charge in [0.1, 0.15) is 0 Å². The van der Waals surface area contributed by atoms with Crippen molar-refractivity contribution < 1.29 is 0 Å². The van der Waals surface area contributed by atoms with Crippen LogP contribution in [0.2, 0.25) is 0 Å². The van der Waals surface area contributed by atoms with Crippen molar-refractivity contribution in [3.8, 4) is 10.6 Å². The standard InChI is InChI=1S/C13H16N4S2/c1-3-9(2)15-13(18)17-12-14-7-6-10(16-12)11-5-4-8-19-11/h4-9H,3H2,1-2H3,(H2,14,15,16,17,18)/t9-/m1/s1. The molecule has 0 spiro atoms. The molecule has 0 saturated heterocycles. The van der Waals surface area contributed by atoms with Crippen molar-refractivity contribution in [1.82, 2.24) is 15.3 Å². The SMILES string of the molecule is CC[C@@H](C)NC(=S)Nc1nccc(-c2cccs2)n1. The quantitative estimate of drug-likeness (QED) is 0.847. The Morgan fingerprint density at radius 1 is 1.47 bits per heavy atom. The molecular weight excluding hydrogens is 276 g/mol. The van der Waals surface area contributed by atoms with E-state index in [1.54, 1.807) is 17.5 Å². The van der Waals surface area contributed by atoms with Crippen LogP contribution in [0.1, 0.15) is 20.3 Å². The third kappa shape index (κ3) is 3.97. The molecule has 0 aliphatic carbocycles. The molecule has 2 N–H and O–H groups in total. The summed E-state index contributed by atoms with van der Waals surface area (Å²) in [6, 6.07) is 6.26. The number of anilines is 1. The molecule has 0 fully saturated rings. The van der Waals surface area contributed by atoms with E-state index in [0.717, 1.165) is 17.0 Å². The van der Waals surface area contributed by atoms with Crippen LogP contribution in [0.15, 0.2) is 29.8 Å². The number of thiocarbonyl (C=S) groups is 1. The normalized spacial score (nSPS) is 11.9. The summed E-state index contributed by atoms with van der Waals surface area (Å²) in [5.41, 5.74) is 0.902. The van der Waals surface area contributed by atoms with E-state index in [1.165, 1.54) is 0 Å². The molecule has 0 radical (unpaired) electrons. The molecule has 100 valence electrons. The van der Waals surface area contributed by atoms with Gasteiger partial charge in [-0.15, -0.1) is 11.3 Å². The molecule has 2 aromatic heterocycles. The van der Waals surface area contributed by atoms with E-state index in [4.69, 9.17) is 12.2 Å². The Morgan fingerprint density at radius 2 is 2.32 bits per heavy atom. The van der Waals surface area contributed by atoms with Gasteiger partial charge in [-0.1, -0.05) is 13.0 Å². The highest BCUT2D eigenvalue weighted by Crippen LogP contribution is 2.22. The van der Waals surface area contributed by atoms with Crippen LogP contribution in [0.25, 0.3) is 10.6 Å². The number of hydrogen-bond donors (Lipinski definition) is 2. The number of aromatic nitrogens is 2. The first kappa shape index (κ1) is 13.9. The molecule has 0 unspecified atom stereocenters. The van der Waals surface area contributed by atoms with Crippen LogP contribution in [-0.2, 0) is 0 Å². The highest BCUT2D eigenvalue weighted by Gasteiger charge is 2.06. The second kappa shape index (κ2) is 6.58. The van der Waals surface area contributed by atoms with Crippen LogP contribution in [0.3, 0.4) is 0 Å². The fourth-order valence-electron chi connectivity index (χ4n) is 1.44. The minimum Gasteiger partial charge on any atom is -0.360 e. The minimum atomic E-state index is 0.334. The first-order valence-electron chi connectivity index (χ1n) is 6.13. The van der Waals surface area contributed by atoms with Crippen LogP contribution in [-0.4, -0.2) is 21.1 Å². The average molecular weight is 292 g/mol. The Kier molecular flexibility index (Phi) is 4.81. The Hall–Kier alpha value is -1.53. The van der Waals surface area contributed by atoms with E-state index in [-0.39, 0.29) is 0 Å². The molecule has 19 heavy (non-hydrogen) atoms. The summed E-state index contributed by atoms with van der Waals surface area (Å²) < 4.78 is 0. The van der Waals surface area contributed by atoms with E-state index < -0.39 is 0 Å². The zero-order chi connectivity index (χ0) is 13.7. The predicted molar refractivity (Wildman–Crippen MR) is 84.5 cm³/mol. The average Bonchev–Trinajstić information content (AvgIpc) is 2.92. The molecule has 0 aromatic carbocycles. The lowest BCUT2D eigenvalue weighted by molar-refractivity contribution is 0.645. The number of nitrogens with one attached hydrogen (secondary N) is 2. The van der Waals surface area contributed by atoms with Gasteiger partial charge in [0, 0.05) is 12.2 Å². The fourth-order valence-corrected chi connectivity index (χ4v) is 2.43. The maximum Gasteiger partial charge on any atom is 0.229 e. The van der Waals surface area contributed by atoms with Crippen LogP contribution in [0, 0.1) is 0 Å². The molecule has 2 heterocycles. The van der Waals surface area contributed by atoms with Gasteiger partial charge in [-0.05, 0) is 43.1 Å². The summed E-state index contributed by atoms with van der Waals surface area (Å²) in [5, 5.41) is 8.77. The number of hydrogen-bond acceptors (Lipinski definition) is 4. The highest BCUT2D eigenvalue weighted by molar-refractivity contribution is 7.80. The summed E-state index contributed by atoms with van der Waals surface area (Å²) in [4.78, 5) is 9.74. The van der Waals surface area contributed by atoms with Crippen molar-refractivity contribution in [1.29, 1.82) is 0 Å². The van der Waals surface area contributed by atoms with E-state index >= 15 is 0 Å². The van der Waals surface area contributed by atoms with Crippen LogP contribution < -0.4 is 10.6 Å². The van der Waals surface area contributed by atoms with E-state index in [9.17, 15) is 0 Å². The first-order valence-corrected chi connectivity index (χ1v) is 7.42. The van der Waals surface area contributed by atoms with Crippen molar-refractivity contribution >= 4 is 34.6 Å². The van der Waals surface area contributed by atoms with E-state index in [2.05, 4.69) is 34.4 Å². The van der Waals surface area contributed by atoms with Crippen molar-refractivity contribution in [3.05, 3.63) is 29.8 Å². The lowest BCUT2D eigenvalue weighted by Crippen LogP contribution is -2.35. The van der Waals surface area contributed by atoms with Gasteiger partial charge < -0.3 is 10.6 Å². The molecule has 0 aliphatic heterocycles. The zero-order valence-corrected chi connectivity index (χ0v) is 12.5. The number of nitrogens with zero attached hydrogens (tertiary/aromatic N) is 2. The van der Waals surface area contributed by atoms with Crippen molar-refractivity contribution in [2.24, 2.45) is 0 Å². The monoisotopic (exact) mass is 292 g/mol. The topological polar surface area (TPSA) is 49.8 Å². The fraction of sp³-hybridized carbons (Fsp3) is 0.308. The van der Waals surface area contributed by atoms with Gasteiger partial charge in [-0.3, -0.25) is 0 Å². The molecule has 4 nitrogen and oxygen atoms in total. The van der Waals surface area contributed by atoms with Gasteiger partial charge in [0.2, 0.25) is 5.95 Å². The summed E-state index contributed by atoms with van der Waals surface area (Å²) in [5.74, 6) is 0.520. The molecule has 0 bridgehead atoms. The zero-order valence-electron chi connectivity index (χ0n) is 10.9. The van der Waals surface area contributed by atoms with E-state index in [0.29, 0.717) is 17.1 Å². The first-order chi connectivity index (χ1) is 9.19. The van der Waals surface area contributed by atoms with Crippen LogP contribution in [0.4, 0.5) is 5.95 Å².